The van der Waals surface area contributed by atoms with Gasteiger partial charge in [0.05, 0.1) is 22.6 Å². The quantitative estimate of drug-likeness (QED) is 0.315. The minimum Gasteiger partial charge on any atom is -0.466 e. The molecule has 2 amide bonds. The number of nitrogens with one attached hydrogen (secondary N) is 1. The molecule has 12 nitrogen and oxygen atoms in total. The molecule has 1 atom stereocenters. The highest BCUT2D eigenvalue weighted by atomic mass is 16.7. The summed E-state index contributed by atoms with van der Waals surface area (Å²) in [7, 11) is 6.77. The molecule has 4 aromatic rings. The molecule has 12 heteroatoms. The van der Waals surface area contributed by atoms with E-state index in [1.807, 2.05) is 65.2 Å². The van der Waals surface area contributed by atoms with Crippen molar-refractivity contribution in [3.8, 4) is 17.1 Å². The van der Waals surface area contributed by atoms with Gasteiger partial charge in [-0.1, -0.05) is 0 Å². The van der Waals surface area contributed by atoms with Crippen LogP contribution >= 0.6 is 0 Å². The lowest BCUT2D eigenvalue weighted by Crippen LogP contribution is -2.42. The van der Waals surface area contributed by atoms with Crippen molar-refractivity contribution in [1.82, 2.24) is 30.0 Å². The SMILES string of the molecule is CNC(=O)c1nc(-c2cc3cn(C)nc3c(C)c2OCOC)nc2ccc(N3CCC(N(C)C(=O)OC(C)(C)C)C3)cc12. The van der Waals surface area contributed by atoms with Gasteiger partial charge in [-0.25, -0.2) is 14.8 Å². The highest BCUT2D eigenvalue weighted by Gasteiger charge is 2.31. The van der Waals surface area contributed by atoms with Gasteiger partial charge in [-0.15, -0.1) is 0 Å². The molecule has 1 fully saturated rings. The Hall–Kier alpha value is -4.45. The number of aromatic nitrogens is 4. The summed E-state index contributed by atoms with van der Waals surface area (Å²) in [6, 6.07) is 7.75. The highest BCUT2D eigenvalue weighted by Crippen LogP contribution is 2.38. The van der Waals surface area contributed by atoms with Gasteiger partial charge in [0.2, 0.25) is 0 Å². The van der Waals surface area contributed by atoms with E-state index >= 15 is 0 Å². The third-order valence-corrected chi connectivity index (χ3v) is 7.54. The third kappa shape index (κ3) is 6.05. The van der Waals surface area contributed by atoms with Crippen LogP contribution in [0.5, 0.6) is 5.75 Å². The molecule has 0 radical (unpaired) electrons. The number of aryl methyl sites for hydroxylation is 2. The molecule has 2 aromatic heterocycles. The number of hydrogen-bond donors (Lipinski definition) is 1. The minimum atomic E-state index is -0.559. The Bertz CT molecular complexity index is 1690. The van der Waals surface area contributed by atoms with Crippen LogP contribution in [0.3, 0.4) is 0 Å². The summed E-state index contributed by atoms with van der Waals surface area (Å²) in [5, 5.41) is 8.82. The first-order valence-corrected chi connectivity index (χ1v) is 14.2. The van der Waals surface area contributed by atoms with E-state index in [0.29, 0.717) is 34.6 Å². The predicted octanol–water partition coefficient (Wildman–Crippen LogP) is 4.28. The maximum absolute atomic E-state index is 13.2. The number of amides is 2. The second-order valence-corrected chi connectivity index (χ2v) is 11.8. The first-order valence-electron chi connectivity index (χ1n) is 14.2. The van der Waals surface area contributed by atoms with Crippen LogP contribution in [-0.4, -0.2) is 89.4 Å². The van der Waals surface area contributed by atoms with Crippen molar-refractivity contribution in [3.05, 3.63) is 41.7 Å². The lowest BCUT2D eigenvalue weighted by molar-refractivity contribution is 0.0237. The average Bonchev–Trinajstić information content (AvgIpc) is 3.61. The largest absolute Gasteiger partial charge is 0.466 e. The van der Waals surface area contributed by atoms with Crippen LogP contribution in [0, 0.1) is 6.92 Å². The van der Waals surface area contributed by atoms with Crippen molar-refractivity contribution < 1.29 is 23.8 Å². The highest BCUT2D eigenvalue weighted by molar-refractivity contribution is 6.06. The Morgan fingerprint density at radius 3 is 2.65 bits per heavy atom. The summed E-state index contributed by atoms with van der Waals surface area (Å²) < 4.78 is 18.5. The normalized spacial score (nSPS) is 15.3. The summed E-state index contributed by atoms with van der Waals surface area (Å²) >= 11 is 0. The van der Waals surface area contributed by atoms with Gasteiger partial charge < -0.3 is 29.3 Å². The first-order chi connectivity index (χ1) is 20.4. The molecule has 1 aliphatic rings. The van der Waals surface area contributed by atoms with Crippen LogP contribution in [-0.2, 0) is 16.5 Å². The van der Waals surface area contributed by atoms with Crippen molar-refractivity contribution in [1.29, 1.82) is 0 Å². The summed E-state index contributed by atoms with van der Waals surface area (Å²) in [4.78, 5) is 39.3. The molecule has 0 bridgehead atoms. The molecule has 0 aliphatic carbocycles. The standard InChI is InChI=1S/C31H39N7O5/c1-18-25-19(15-36(6)35-25)13-23(27(18)42-17-41-8)28-33-24-10-9-20(14-22(24)26(34-28)29(39)32-5)38-12-11-21(16-38)37(7)30(40)43-31(2,3)4/h9-10,13-15,21H,11-12,16-17H2,1-8H3,(H,32,39). The monoisotopic (exact) mass is 589 g/mol. The molecule has 2 aromatic carbocycles. The summed E-state index contributed by atoms with van der Waals surface area (Å²) in [6.07, 6.45) is 2.38. The molecule has 1 unspecified atom stereocenters. The van der Waals surface area contributed by atoms with E-state index in [0.717, 1.165) is 35.1 Å². The fraction of sp³-hybridized carbons (Fsp3) is 0.452. The maximum atomic E-state index is 13.2. The van der Waals surface area contributed by atoms with Crippen molar-refractivity contribution in [2.24, 2.45) is 7.05 Å². The van der Waals surface area contributed by atoms with Crippen LogP contribution in [0.1, 0.15) is 43.2 Å². The molecule has 5 rings (SSSR count). The number of methoxy groups -OCH3 is 1. The number of carbonyl (C=O) groups excluding carboxylic acids is 2. The van der Waals surface area contributed by atoms with Gasteiger partial charge in [0.25, 0.3) is 5.91 Å². The smallest absolute Gasteiger partial charge is 0.410 e. The number of nitrogens with zero attached hydrogens (tertiary/aromatic N) is 6. The van der Waals surface area contributed by atoms with Gasteiger partial charge in [-0.05, 0) is 58.4 Å². The van der Waals surface area contributed by atoms with Gasteiger partial charge in [0, 0.05) is 69.6 Å². The lowest BCUT2D eigenvalue weighted by atomic mass is 10.0. The van der Waals surface area contributed by atoms with E-state index in [9.17, 15) is 9.59 Å². The Morgan fingerprint density at radius 1 is 1.19 bits per heavy atom. The molecule has 0 saturated carbocycles. The zero-order chi connectivity index (χ0) is 31.1. The number of fused-ring (bicyclic) bond motifs is 2. The van der Waals surface area contributed by atoms with Gasteiger partial charge >= 0.3 is 6.09 Å². The molecule has 0 spiro atoms. The summed E-state index contributed by atoms with van der Waals surface area (Å²) in [5.74, 6) is 0.580. The van der Waals surface area contributed by atoms with E-state index in [4.69, 9.17) is 24.2 Å². The average molecular weight is 590 g/mol. The van der Waals surface area contributed by atoms with E-state index in [-0.39, 0.29) is 30.5 Å². The minimum absolute atomic E-state index is 0.00117. The Kier molecular flexibility index (Phi) is 8.15. The van der Waals surface area contributed by atoms with E-state index in [1.54, 1.807) is 30.8 Å². The van der Waals surface area contributed by atoms with Crippen LogP contribution in [0.2, 0.25) is 0 Å². The van der Waals surface area contributed by atoms with Crippen molar-refractivity contribution in [2.75, 3.05) is 46.0 Å². The second kappa shape index (κ2) is 11.7. The van der Waals surface area contributed by atoms with Gasteiger partial charge in [0.15, 0.2) is 12.6 Å². The second-order valence-electron chi connectivity index (χ2n) is 11.8. The number of ether oxygens (including phenoxy) is 3. The predicted molar refractivity (Wildman–Crippen MR) is 164 cm³/mol. The van der Waals surface area contributed by atoms with E-state index < -0.39 is 5.60 Å². The van der Waals surface area contributed by atoms with Crippen LogP contribution in [0.15, 0.2) is 30.5 Å². The fourth-order valence-electron chi connectivity index (χ4n) is 5.40. The lowest BCUT2D eigenvalue weighted by Gasteiger charge is -2.29. The van der Waals surface area contributed by atoms with Crippen molar-refractivity contribution in [3.63, 3.8) is 0 Å². The number of hydrogen-bond acceptors (Lipinski definition) is 9. The molecule has 43 heavy (non-hydrogen) atoms. The number of benzene rings is 2. The number of rotatable bonds is 7. The molecule has 1 N–H and O–H groups in total. The van der Waals surface area contributed by atoms with E-state index in [2.05, 4.69) is 15.3 Å². The van der Waals surface area contributed by atoms with Crippen molar-refractivity contribution >= 4 is 39.5 Å². The first kappa shape index (κ1) is 30.0. The Labute approximate surface area is 250 Å². The molecule has 1 aliphatic heterocycles. The summed E-state index contributed by atoms with van der Waals surface area (Å²) in [5.41, 5.74) is 3.50. The van der Waals surface area contributed by atoms with Crippen LogP contribution in [0.4, 0.5) is 10.5 Å². The Morgan fingerprint density at radius 2 is 1.95 bits per heavy atom. The van der Waals surface area contributed by atoms with Crippen LogP contribution < -0.4 is 15.0 Å². The number of likely N-dealkylation sites (N-methyl/N-ethyl adjacent to an activating group) is 1. The maximum Gasteiger partial charge on any atom is 0.410 e. The molecule has 1 saturated heterocycles. The zero-order valence-corrected chi connectivity index (χ0v) is 26.0. The molecular formula is C31H39N7O5. The molecule has 3 heterocycles. The third-order valence-electron chi connectivity index (χ3n) is 7.54. The zero-order valence-electron chi connectivity index (χ0n) is 26.0. The van der Waals surface area contributed by atoms with Gasteiger partial charge in [0.1, 0.15) is 17.0 Å². The van der Waals surface area contributed by atoms with Crippen LogP contribution in [0.25, 0.3) is 33.2 Å². The molecular weight excluding hydrogens is 550 g/mol. The number of anilines is 1. The number of carbonyl (C=O) groups is 2. The molecule has 228 valence electrons. The van der Waals surface area contributed by atoms with E-state index in [1.165, 1.54) is 0 Å². The van der Waals surface area contributed by atoms with Crippen molar-refractivity contribution in [2.45, 2.75) is 45.8 Å². The van der Waals surface area contributed by atoms with Gasteiger partial charge in [-0.2, -0.15) is 5.10 Å². The Balaban J connectivity index is 1.53. The van der Waals surface area contributed by atoms with Gasteiger partial charge in [-0.3, -0.25) is 9.48 Å². The topological polar surface area (TPSA) is 124 Å². The summed E-state index contributed by atoms with van der Waals surface area (Å²) in [6.45, 7) is 8.93. The fourth-order valence-corrected chi connectivity index (χ4v) is 5.40.